The van der Waals surface area contributed by atoms with Gasteiger partial charge in [-0.15, -0.1) is 11.3 Å². The number of likely N-dealkylation sites (tertiary alicyclic amines) is 1. The van der Waals surface area contributed by atoms with Crippen LogP contribution in [0.5, 0.6) is 0 Å². The quantitative estimate of drug-likeness (QED) is 0.686. The van der Waals surface area contributed by atoms with Gasteiger partial charge in [0.05, 0.1) is 12.7 Å². The predicted molar refractivity (Wildman–Crippen MR) is 82.1 cm³/mol. The number of rotatable bonds is 3. The monoisotopic (exact) mass is 298 g/mol. The number of thiophene rings is 1. The minimum absolute atomic E-state index is 0.317. The second-order valence-corrected chi connectivity index (χ2v) is 5.95. The van der Waals surface area contributed by atoms with Crippen LogP contribution in [0.1, 0.15) is 35.0 Å². The molecule has 0 radical (unpaired) electrons. The van der Waals surface area contributed by atoms with Crippen LogP contribution in [0.2, 0.25) is 0 Å². The predicted octanol–water partition coefficient (Wildman–Crippen LogP) is 2.89. The van der Waals surface area contributed by atoms with Gasteiger partial charge in [-0.2, -0.15) is 0 Å². The summed E-state index contributed by atoms with van der Waals surface area (Å²) in [4.78, 5) is 15.0. The highest BCUT2D eigenvalue weighted by atomic mass is 32.1. The van der Waals surface area contributed by atoms with Gasteiger partial charge < -0.3 is 15.0 Å². The van der Waals surface area contributed by atoms with Crippen molar-refractivity contribution in [1.82, 2.24) is 4.90 Å². The number of thiocarbonyl (C=S) groups is 1. The highest BCUT2D eigenvalue weighted by Crippen LogP contribution is 2.29. The summed E-state index contributed by atoms with van der Waals surface area (Å²) in [5.74, 6) is -0.317. The Hall–Kier alpha value is -1.14. The number of carbonyl (C=O) groups is 1. The Morgan fingerprint density at radius 2 is 2.21 bits per heavy atom. The molecule has 4 nitrogen and oxygen atoms in total. The van der Waals surface area contributed by atoms with Crippen molar-refractivity contribution in [3.05, 3.63) is 16.5 Å². The summed E-state index contributed by atoms with van der Waals surface area (Å²) in [7, 11) is 1.40. The number of hydrogen-bond acceptors (Lipinski definition) is 4. The van der Waals surface area contributed by atoms with Gasteiger partial charge in [0, 0.05) is 18.0 Å². The van der Waals surface area contributed by atoms with E-state index in [0.29, 0.717) is 10.7 Å². The van der Waals surface area contributed by atoms with Crippen molar-refractivity contribution >= 4 is 39.6 Å². The first-order valence-electron chi connectivity index (χ1n) is 6.42. The molecule has 1 aliphatic heterocycles. The van der Waals surface area contributed by atoms with Crippen molar-refractivity contribution in [2.45, 2.75) is 26.2 Å². The van der Waals surface area contributed by atoms with E-state index in [1.165, 1.54) is 20.0 Å². The van der Waals surface area contributed by atoms with Crippen LogP contribution in [0.4, 0.5) is 5.00 Å². The second-order valence-electron chi connectivity index (χ2n) is 4.42. The number of esters is 1. The van der Waals surface area contributed by atoms with Crippen molar-refractivity contribution in [3.8, 4) is 0 Å². The lowest BCUT2D eigenvalue weighted by Gasteiger charge is -2.19. The summed E-state index contributed by atoms with van der Waals surface area (Å²) in [5.41, 5.74) is 0.575. The van der Waals surface area contributed by atoms with Crippen molar-refractivity contribution in [1.29, 1.82) is 0 Å². The molecule has 2 heterocycles. The Morgan fingerprint density at radius 3 is 2.79 bits per heavy atom. The standard InChI is InChI=1S/C13H18N2O2S2/c1-3-9-8-10(12(16)17-2)11(19-9)14-13(18)15-6-4-5-7-15/h8H,3-7H2,1-2H3,(H,14,18). The van der Waals surface area contributed by atoms with Gasteiger partial charge in [-0.3, -0.25) is 0 Å². The largest absolute Gasteiger partial charge is 0.465 e. The first-order chi connectivity index (χ1) is 9.15. The van der Waals surface area contributed by atoms with Gasteiger partial charge in [-0.25, -0.2) is 4.79 Å². The molecule has 0 unspecified atom stereocenters. The molecular formula is C13H18N2O2S2. The maximum atomic E-state index is 11.8. The molecule has 0 saturated carbocycles. The smallest absolute Gasteiger partial charge is 0.340 e. The number of ether oxygens (including phenoxy) is 1. The molecule has 0 amide bonds. The van der Waals surface area contributed by atoms with E-state index in [4.69, 9.17) is 17.0 Å². The molecule has 1 aliphatic rings. The van der Waals surface area contributed by atoms with Crippen molar-refractivity contribution in [2.24, 2.45) is 0 Å². The Bertz CT molecular complexity index is 479. The van der Waals surface area contributed by atoms with Crippen LogP contribution in [0.15, 0.2) is 6.07 Å². The second kappa shape index (κ2) is 6.34. The van der Waals surface area contributed by atoms with Crippen LogP contribution in [-0.4, -0.2) is 36.2 Å². The zero-order chi connectivity index (χ0) is 13.8. The molecule has 0 aromatic carbocycles. The average molecular weight is 298 g/mol. The molecule has 1 saturated heterocycles. The molecule has 0 spiro atoms. The Kier molecular flexibility index (Phi) is 4.76. The number of aryl methyl sites for hydroxylation is 1. The summed E-state index contributed by atoms with van der Waals surface area (Å²) < 4.78 is 4.81. The topological polar surface area (TPSA) is 41.6 Å². The molecular weight excluding hydrogens is 280 g/mol. The summed E-state index contributed by atoms with van der Waals surface area (Å²) in [6, 6.07) is 1.88. The van der Waals surface area contributed by atoms with Crippen LogP contribution in [0.3, 0.4) is 0 Å². The van der Waals surface area contributed by atoms with E-state index in [9.17, 15) is 4.79 Å². The molecule has 1 aromatic rings. The highest BCUT2D eigenvalue weighted by molar-refractivity contribution is 7.80. The zero-order valence-corrected chi connectivity index (χ0v) is 12.8. The fraction of sp³-hybridized carbons (Fsp3) is 0.538. The van der Waals surface area contributed by atoms with Crippen LogP contribution in [0, 0.1) is 0 Å². The molecule has 0 aliphatic carbocycles. The van der Waals surface area contributed by atoms with Crippen molar-refractivity contribution < 1.29 is 9.53 Å². The SMILES string of the molecule is CCc1cc(C(=O)OC)c(NC(=S)N2CCCC2)s1. The first-order valence-corrected chi connectivity index (χ1v) is 7.65. The Morgan fingerprint density at radius 1 is 1.53 bits per heavy atom. The minimum atomic E-state index is -0.317. The van der Waals surface area contributed by atoms with Crippen LogP contribution in [0.25, 0.3) is 0 Å². The lowest BCUT2D eigenvalue weighted by atomic mass is 10.2. The molecule has 6 heteroatoms. The first kappa shape index (κ1) is 14.3. The average Bonchev–Trinajstić information content (AvgIpc) is 3.06. The van der Waals surface area contributed by atoms with E-state index >= 15 is 0 Å². The molecule has 1 N–H and O–H groups in total. The molecule has 1 aromatic heterocycles. The van der Waals surface area contributed by atoms with E-state index in [2.05, 4.69) is 17.1 Å². The third-order valence-corrected chi connectivity index (χ3v) is 4.71. The summed E-state index contributed by atoms with van der Waals surface area (Å²) in [6.45, 7) is 4.05. The van der Waals surface area contributed by atoms with Gasteiger partial charge in [-0.05, 0) is 37.5 Å². The van der Waals surface area contributed by atoms with Gasteiger partial charge >= 0.3 is 5.97 Å². The highest BCUT2D eigenvalue weighted by Gasteiger charge is 2.20. The molecule has 19 heavy (non-hydrogen) atoms. The Balaban J connectivity index is 2.15. The number of nitrogens with one attached hydrogen (secondary N) is 1. The van der Waals surface area contributed by atoms with Gasteiger partial charge in [0.25, 0.3) is 0 Å². The van der Waals surface area contributed by atoms with Gasteiger partial charge in [0.15, 0.2) is 5.11 Å². The number of carbonyl (C=O) groups excluding carboxylic acids is 1. The summed E-state index contributed by atoms with van der Waals surface area (Å²) in [6.07, 6.45) is 3.25. The fourth-order valence-electron chi connectivity index (χ4n) is 2.07. The van der Waals surface area contributed by atoms with Gasteiger partial charge in [0.2, 0.25) is 0 Å². The molecule has 2 rings (SSSR count). The maximum Gasteiger partial charge on any atom is 0.340 e. The normalized spacial score (nSPS) is 14.5. The van der Waals surface area contributed by atoms with Gasteiger partial charge in [-0.1, -0.05) is 6.92 Å². The lowest BCUT2D eigenvalue weighted by molar-refractivity contribution is 0.0602. The third kappa shape index (κ3) is 3.25. The van der Waals surface area contributed by atoms with Crippen LogP contribution < -0.4 is 5.32 Å². The zero-order valence-electron chi connectivity index (χ0n) is 11.2. The number of anilines is 1. The number of hydrogen-bond donors (Lipinski definition) is 1. The van der Waals surface area contributed by atoms with Crippen molar-refractivity contribution in [2.75, 3.05) is 25.5 Å². The van der Waals surface area contributed by atoms with E-state index in [-0.39, 0.29) is 5.97 Å². The lowest BCUT2D eigenvalue weighted by Crippen LogP contribution is -2.32. The van der Waals surface area contributed by atoms with Gasteiger partial charge in [0.1, 0.15) is 5.00 Å². The maximum absolute atomic E-state index is 11.8. The fourth-order valence-corrected chi connectivity index (χ4v) is 3.40. The van der Waals surface area contributed by atoms with E-state index in [1.54, 1.807) is 11.3 Å². The summed E-state index contributed by atoms with van der Waals surface area (Å²) >= 11 is 6.96. The van der Waals surface area contributed by atoms with E-state index < -0.39 is 0 Å². The van der Waals surface area contributed by atoms with Crippen LogP contribution >= 0.6 is 23.6 Å². The van der Waals surface area contributed by atoms with E-state index in [0.717, 1.165) is 29.4 Å². The number of nitrogens with zero attached hydrogens (tertiary/aromatic N) is 1. The Labute approximate surface area is 122 Å². The minimum Gasteiger partial charge on any atom is -0.465 e. The van der Waals surface area contributed by atoms with E-state index in [1.807, 2.05) is 6.07 Å². The molecule has 104 valence electrons. The van der Waals surface area contributed by atoms with Crippen LogP contribution in [-0.2, 0) is 11.2 Å². The number of methoxy groups -OCH3 is 1. The van der Waals surface area contributed by atoms with Crippen molar-refractivity contribution in [3.63, 3.8) is 0 Å². The third-order valence-electron chi connectivity index (χ3n) is 3.15. The molecule has 0 bridgehead atoms. The summed E-state index contributed by atoms with van der Waals surface area (Å²) in [5, 5.41) is 4.69. The molecule has 1 fully saturated rings. The molecule has 0 atom stereocenters.